The van der Waals surface area contributed by atoms with E-state index in [1.54, 1.807) is 0 Å². The van der Waals surface area contributed by atoms with Crippen LogP contribution >= 0.6 is 0 Å². The summed E-state index contributed by atoms with van der Waals surface area (Å²) in [5.41, 5.74) is 14.6. The second-order valence-corrected chi connectivity index (χ2v) is 15.6. The van der Waals surface area contributed by atoms with E-state index in [0.29, 0.717) is 0 Å². The van der Waals surface area contributed by atoms with Gasteiger partial charge in [-0.15, -0.1) is 0 Å². The van der Waals surface area contributed by atoms with Crippen molar-refractivity contribution in [2.45, 2.75) is 20.8 Å². The first-order valence-corrected chi connectivity index (χ1v) is 20.8. The molecule has 12 rings (SSSR count). The highest BCUT2D eigenvalue weighted by Gasteiger charge is 2.25. The molecule has 3 heterocycles. The molecule has 11 aromatic rings. The van der Waals surface area contributed by atoms with Gasteiger partial charge in [0, 0.05) is 38.6 Å². The van der Waals surface area contributed by atoms with Gasteiger partial charge in [0.1, 0.15) is 0 Å². The quantitative estimate of drug-likeness (QED) is 0.178. The van der Waals surface area contributed by atoms with Gasteiger partial charge in [0.05, 0.1) is 33.4 Å². The Bertz CT molecular complexity index is 3210. The van der Waals surface area contributed by atoms with E-state index >= 15 is 0 Å². The first kappa shape index (κ1) is 37.5. The van der Waals surface area contributed by atoms with Crippen LogP contribution in [0, 0.1) is 20.8 Å². The smallest absolute Gasteiger partial charge is 0.151 e. The van der Waals surface area contributed by atoms with Gasteiger partial charge in [-0.05, 0) is 112 Å². The Morgan fingerprint density at radius 3 is 1.20 bits per heavy atom. The largest absolute Gasteiger partial charge is 0.453 e. The maximum atomic E-state index is 6.01. The van der Waals surface area contributed by atoms with Crippen molar-refractivity contribution in [2.75, 3.05) is 4.90 Å². The monoisotopic (exact) mass is 787 g/mol. The number of anilines is 3. The Labute approximate surface area is 356 Å². The van der Waals surface area contributed by atoms with Crippen molar-refractivity contribution in [1.82, 2.24) is 9.13 Å². The summed E-state index contributed by atoms with van der Waals surface area (Å²) in [6, 6.07) is 76.6. The highest BCUT2D eigenvalue weighted by Crippen LogP contribution is 2.50. The molecule has 0 saturated carbocycles. The van der Waals surface area contributed by atoms with Crippen LogP contribution in [0.4, 0.5) is 17.1 Å². The van der Waals surface area contributed by atoms with E-state index in [9.17, 15) is 0 Å². The minimum atomic E-state index is 0.886. The lowest BCUT2D eigenvalue weighted by atomic mass is 10.1. The summed E-state index contributed by atoms with van der Waals surface area (Å²) in [4.78, 5) is 2.24. The summed E-state index contributed by atoms with van der Waals surface area (Å²) < 4.78 is 10.7. The fraction of sp³-hybridized carbons (Fsp3) is 0.0526. The lowest BCUT2D eigenvalue weighted by Gasteiger charge is -2.32. The van der Waals surface area contributed by atoms with E-state index in [0.717, 1.165) is 28.6 Å². The molecule has 0 N–H and O–H groups in total. The lowest BCUT2D eigenvalue weighted by Crippen LogP contribution is -2.15. The number of rotatable bonds is 3. The zero-order valence-electron chi connectivity index (χ0n) is 34.5. The number of ether oxygens (including phenoxy) is 1. The van der Waals surface area contributed by atoms with E-state index in [2.05, 4.69) is 217 Å². The molecule has 294 valence electrons. The van der Waals surface area contributed by atoms with Gasteiger partial charge in [-0.3, -0.25) is 0 Å². The Balaban J connectivity index is 0.000000110. The Hall–Kier alpha value is -7.82. The summed E-state index contributed by atoms with van der Waals surface area (Å²) in [5, 5.41) is 5.26. The van der Waals surface area contributed by atoms with Crippen LogP contribution in [0.15, 0.2) is 218 Å². The summed E-state index contributed by atoms with van der Waals surface area (Å²) in [6.07, 6.45) is 0. The Morgan fingerprint density at radius 2 is 0.672 bits per heavy atom. The van der Waals surface area contributed by atoms with Crippen molar-refractivity contribution in [3.8, 4) is 22.9 Å². The number of para-hydroxylation sites is 8. The van der Waals surface area contributed by atoms with E-state index < -0.39 is 0 Å². The van der Waals surface area contributed by atoms with Crippen LogP contribution in [0.5, 0.6) is 11.5 Å². The number of hydrogen-bond acceptors (Lipinski definition) is 2. The third kappa shape index (κ3) is 7.08. The van der Waals surface area contributed by atoms with E-state index in [-0.39, 0.29) is 0 Å². The fourth-order valence-electron chi connectivity index (χ4n) is 8.51. The third-order valence-corrected chi connectivity index (χ3v) is 11.4. The number of aryl methyl sites for hydroxylation is 3. The van der Waals surface area contributed by atoms with Gasteiger partial charge in [0.15, 0.2) is 11.5 Å². The van der Waals surface area contributed by atoms with Crippen LogP contribution in [0.1, 0.15) is 16.7 Å². The van der Waals surface area contributed by atoms with Gasteiger partial charge in [0.25, 0.3) is 0 Å². The first-order valence-electron chi connectivity index (χ1n) is 20.8. The maximum Gasteiger partial charge on any atom is 0.151 e. The van der Waals surface area contributed by atoms with Crippen molar-refractivity contribution in [2.24, 2.45) is 0 Å². The molecular formula is C57H45N3O. The average Bonchev–Trinajstić information content (AvgIpc) is 3.82. The molecule has 0 unspecified atom stereocenters. The molecule has 61 heavy (non-hydrogen) atoms. The average molecular weight is 788 g/mol. The van der Waals surface area contributed by atoms with Crippen molar-refractivity contribution >= 4 is 60.7 Å². The molecule has 1 aliphatic rings. The fourth-order valence-corrected chi connectivity index (χ4v) is 8.51. The number of benzene rings is 9. The minimum absolute atomic E-state index is 0.886. The summed E-state index contributed by atoms with van der Waals surface area (Å²) in [5.74, 6) is 1.77. The Kier molecular flexibility index (Phi) is 9.88. The minimum Gasteiger partial charge on any atom is -0.453 e. The lowest BCUT2D eigenvalue weighted by molar-refractivity contribution is 0.477. The van der Waals surface area contributed by atoms with Gasteiger partial charge in [-0.25, -0.2) is 0 Å². The summed E-state index contributed by atoms with van der Waals surface area (Å²) in [6.45, 7) is 6.37. The van der Waals surface area contributed by atoms with Crippen LogP contribution in [0.25, 0.3) is 55.0 Å². The molecule has 9 aromatic carbocycles. The highest BCUT2D eigenvalue weighted by atomic mass is 16.5. The molecule has 0 spiro atoms. The highest BCUT2D eigenvalue weighted by molar-refractivity contribution is 6.10. The second kappa shape index (κ2) is 16.1. The molecule has 0 saturated heterocycles. The molecular weight excluding hydrogens is 743 g/mol. The maximum absolute atomic E-state index is 6.01. The van der Waals surface area contributed by atoms with Gasteiger partial charge in [0.2, 0.25) is 0 Å². The van der Waals surface area contributed by atoms with Gasteiger partial charge in [-0.2, -0.15) is 0 Å². The SMILES string of the molecule is Cc1ccc(-n2c3ccccc3c3ccccc32)cc1.Cc1ccc(N2c3ccccc3Oc3ccccc32)cc1.Cc1ccc2c(c1)c1ccccc1n2-c1ccccc1. The van der Waals surface area contributed by atoms with E-state index in [4.69, 9.17) is 4.74 Å². The zero-order chi connectivity index (χ0) is 41.3. The van der Waals surface area contributed by atoms with Crippen LogP contribution < -0.4 is 9.64 Å². The normalized spacial score (nSPS) is 11.6. The first-order chi connectivity index (χ1) is 30.0. The standard InChI is InChI=1S/C19H15NO.2C19H15N/c1-14-10-12-15(13-11-14)20-16-6-2-4-8-18(16)21-19-9-5-3-7-17(19)20;1-14-10-12-15(13-11-14)20-18-8-4-2-6-16(18)17-7-3-5-9-19(17)20;1-14-11-12-19-17(13-14)16-9-5-6-10-18(16)20(19)15-7-3-2-4-8-15/h2-13H,1H3;2*2-13H,1H3. The predicted octanol–water partition coefficient (Wildman–Crippen LogP) is 15.8. The number of nitrogens with zero attached hydrogens (tertiary/aromatic N) is 3. The topological polar surface area (TPSA) is 22.3 Å². The van der Waals surface area contributed by atoms with Gasteiger partial charge in [-0.1, -0.05) is 144 Å². The number of aromatic nitrogens is 2. The van der Waals surface area contributed by atoms with Crippen molar-refractivity contribution in [1.29, 1.82) is 0 Å². The van der Waals surface area contributed by atoms with E-state index in [1.807, 2.05) is 36.4 Å². The molecule has 0 atom stereocenters. The molecule has 4 heteroatoms. The molecule has 0 amide bonds. The molecule has 2 aromatic heterocycles. The van der Waals surface area contributed by atoms with Crippen LogP contribution in [0.2, 0.25) is 0 Å². The van der Waals surface area contributed by atoms with Gasteiger partial charge < -0.3 is 18.8 Å². The molecule has 0 radical (unpaired) electrons. The van der Waals surface area contributed by atoms with Crippen molar-refractivity contribution in [3.63, 3.8) is 0 Å². The Morgan fingerprint density at radius 1 is 0.295 bits per heavy atom. The van der Waals surface area contributed by atoms with Crippen LogP contribution in [-0.2, 0) is 0 Å². The molecule has 0 aliphatic carbocycles. The number of hydrogen-bond donors (Lipinski definition) is 0. The van der Waals surface area contributed by atoms with E-state index in [1.165, 1.54) is 71.7 Å². The summed E-state index contributed by atoms with van der Waals surface area (Å²) in [7, 11) is 0. The molecule has 4 nitrogen and oxygen atoms in total. The molecule has 0 bridgehead atoms. The molecule has 1 aliphatic heterocycles. The van der Waals surface area contributed by atoms with Crippen molar-refractivity contribution < 1.29 is 4.74 Å². The number of fused-ring (bicyclic) bond motifs is 8. The molecule has 0 fully saturated rings. The van der Waals surface area contributed by atoms with Crippen molar-refractivity contribution in [3.05, 3.63) is 235 Å². The predicted molar refractivity (Wildman–Crippen MR) is 257 cm³/mol. The summed E-state index contributed by atoms with van der Waals surface area (Å²) >= 11 is 0. The third-order valence-electron chi connectivity index (χ3n) is 11.4. The van der Waals surface area contributed by atoms with Crippen LogP contribution in [0.3, 0.4) is 0 Å². The second-order valence-electron chi connectivity index (χ2n) is 15.6. The zero-order valence-corrected chi connectivity index (χ0v) is 34.5. The van der Waals surface area contributed by atoms with Crippen LogP contribution in [-0.4, -0.2) is 9.13 Å². The van der Waals surface area contributed by atoms with Gasteiger partial charge >= 0.3 is 0 Å².